The highest BCUT2D eigenvalue weighted by Crippen LogP contribution is 2.14. The Morgan fingerprint density at radius 3 is 2.71 bits per heavy atom. The van der Waals surface area contributed by atoms with Crippen molar-refractivity contribution in [1.82, 2.24) is 9.88 Å². The maximum Gasteiger partial charge on any atom is 0.0483 e. The zero-order valence-corrected chi connectivity index (χ0v) is 8.26. The van der Waals surface area contributed by atoms with Gasteiger partial charge in [0.2, 0.25) is 0 Å². The number of rotatable bonds is 4. The molecule has 14 heavy (non-hydrogen) atoms. The lowest BCUT2D eigenvalue weighted by molar-refractivity contribution is 0.0551. The number of aliphatic hydroxyl groups excluding tert-OH is 1. The zero-order chi connectivity index (χ0) is 9.80. The van der Waals surface area contributed by atoms with Gasteiger partial charge in [0.25, 0.3) is 0 Å². The molecule has 0 aromatic carbocycles. The molecule has 2 rings (SSSR count). The molecule has 0 spiro atoms. The van der Waals surface area contributed by atoms with Gasteiger partial charge >= 0.3 is 0 Å². The summed E-state index contributed by atoms with van der Waals surface area (Å²) in [6.07, 6.45) is 4.75. The van der Waals surface area contributed by atoms with Crippen molar-refractivity contribution < 1.29 is 5.11 Å². The number of aromatic nitrogens is 1. The molecule has 3 nitrogen and oxygen atoms in total. The second kappa shape index (κ2) is 4.53. The van der Waals surface area contributed by atoms with Crippen molar-refractivity contribution in [2.45, 2.75) is 6.42 Å². The topological polar surface area (TPSA) is 36.4 Å². The summed E-state index contributed by atoms with van der Waals surface area (Å²) in [7, 11) is 0. The summed E-state index contributed by atoms with van der Waals surface area (Å²) in [4.78, 5) is 6.36. The van der Waals surface area contributed by atoms with Gasteiger partial charge in [0, 0.05) is 44.6 Å². The van der Waals surface area contributed by atoms with Crippen LogP contribution in [-0.2, 0) is 6.42 Å². The van der Waals surface area contributed by atoms with E-state index in [4.69, 9.17) is 5.11 Å². The summed E-state index contributed by atoms with van der Waals surface area (Å²) in [5.74, 6) is 0.521. The third kappa shape index (κ3) is 2.30. The maximum atomic E-state index is 8.85. The molecular formula is C11H16N2O. The molecule has 3 heteroatoms. The van der Waals surface area contributed by atoms with Crippen LogP contribution < -0.4 is 0 Å². The molecule has 1 aliphatic rings. The van der Waals surface area contributed by atoms with Crippen molar-refractivity contribution in [3.05, 3.63) is 30.1 Å². The third-order valence-corrected chi connectivity index (χ3v) is 2.76. The standard InChI is InChI=1S/C11H16N2O/c14-9-11-7-13(8-11)6-3-10-1-4-12-5-2-10/h1-2,4-5,11,14H,3,6-9H2. The van der Waals surface area contributed by atoms with Crippen LogP contribution in [0.3, 0.4) is 0 Å². The van der Waals surface area contributed by atoms with E-state index in [1.807, 2.05) is 12.4 Å². The number of aliphatic hydroxyl groups is 1. The van der Waals surface area contributed by atoms with Gasteiger partial charge in [0.1, 0.15) is 0 Å². The van der Waals surface area contributed by atoms with Gasteiger partial charge in [-0.1, -0.05) is 0 Å². The summed E-state index contributed by atoms with van der Waals surface area (Å²) in [6, 6.07) is 4.12. The first-order valence-corrected chi connectivity index (χ1v) is 5.10. The van der Waals surface area contributed by atoms with E-state index in [0.717, 1.165) is 26.1 Å². The van der Waals surface area contributed by atoms with Crippen LogP contribution in [0.5, 0.6) is 0 Å². The van der Waals surface area contributed by atoms with Crippen LogP contribution in [0, 0.1) is 5.92 Å². The SMILES string of the molecule is OCC1CN(CCc2ccncc2)C1. The van der Waals surface area contributed by atoms with Crippen LogP contribution in [0.4, 0.5) is 0 Å². The predicted molar refractivity (Wildman–Crippen MR) is 55.0 cm³/mol. The van der Waals surface area contributed by atoms with Crippen molar-refractivity contribution in [2.75, 3.05) is 26.2 Å². The van der Waals surface area contributed by atoms with Crippen LogP contribution in [0.25, 0.3) is 0 Å². The fourth-order valence-corrected chi connectivity index (χ4v) is 1.81. The van der Waals surface area contributed by atoms with Crippen molar-refractivity contribution in [3.63, 3.8) is 0 Å². The lowest BCUT2D eigenvalue weighted by Crippen LogP contribution is -2.48. The average molecular weight is 192 g/mol. The van der Waals surface area contributed by atoms with E-state index in [2.05, 4.69) is 22.0 Å². The minimum absolute atomic E-state index is 0.339. The van der Waals surface area contributed by atoms with E-state index in [1.54, 1.807) is 0 Å². The maximum absolute atomic E-state index is 8.85. The molecule has 0 aliphatic carbocycles. The Morgan fingerprint density at radius 2 is 2.07 bits per heavy atom. The van der Waals surface area contributed by atoms with Crippen molar-refractivity contribution >= 4 is 0 Å². The zero-order valence-electron chi connectivity index (χ0n) is 8.26. The normalized spacial score (nSPS) is 18.1. The minimum atomic E-state index is 0.339. The highest BCUT2D eigenvalue weighted by atomic mass is 16.3. The molecule has 1 fully saturated rings. The Hall–Kier alpha value is -0.930. The van der Waals surface area contributed by atoms with Crippen LogP contribution in [0.15, 0.2) is 24.5 Å². The molecule has 0 bridgehead atoms. The molecule has 1 aromatic heterocycles. The smallest absolute Gasteiger partial charge is 0.0483 e. The first-order chi connectivity index (χ1) is 6.88. The first-order valence-electron chi connectivity index (χ1n) is 5.10. The van der Waals surface area contributed by atoms with E-state index in [-0.39, 0.29) is 0 Å². The second-order valence-corrected chi connectivity index (χ2v) is 3.91. The number of pyridine rings is 1. The molecule has 76 valence electrons. The van der Waals surface area contributed by atoms with Crippen LogP contribution in [-0.4, -0.2) is 41.2 Å². The largest absolute Gasteiger partial charge is 0.396 e. The summed E-state index contributed by atoms with van der Waals surface area (Å²) in [5.41, 5.74) is 1.34. The molecule has 0 unspecified atom stereocenters. The number of hydrogen-bond donors (Lipinski definition) is 1. The van der Waals surface area contributed by atoms with Gasteiger partial charge < -0.3 is 10.0 Å². The van der Waals surface area contributed by atoms with E-state index >= 15 is 0 Å². The fourth-order valence-electron chi connectivity index (χ4n) is 1.81. The Kier molecular flexibility index (Phi) is 3.11. The Balaban J connectivity index is 1.69. The van der Waals surface area contributed by atoms with Gasteiger partial charge in [-0.3, -0.25) is 4.98 Å². The average Bonchev–Trinajstić information content (AvgIpc) is 2.17. The monoisotopic (exact) mass is 192 g/mol. The highest BCUT2D eigenvalue weighted by Gasteiger charge is 2.24. The molecule has 0 saturated carbocycles. The first kappa shape index (κ1) is 9.62. The van der Waals surface area contributed by atoms with E-state index in [0.29, 0.717) is 12.5 Å². The molecule has 0 atom stereocenters. The van der Waals surface area contributed by atoms with Crippen molar-refractivity contribution in [1.29, 1.82) is 0 Å². The van der Waals surface area contributed by atoms with Gasteiger partial charge in [0.15, 0.2) is 0 Å². The van der Waals surface area contributed by atoms with Gasteiger partial charge in [-0.05, 0) is 24.1 Å². The van der Waals surface area contributed by atoms with Crippen molar-refractivity contribution in [2.24, 2.45) is 5.92 Å². The van der Waals surface area contributed by atoms with Gasteiger partial charge in [-0.2, -0.15) is 0 Å². The van der Waals surface area contributed by atoms with Gasteiger partial charge in [-0.15, -0.1) is 0 Å². The van der Waals surface area contributed by atoms with Crippen LogP contribution in [0.1, 0.15) is 5.56 Å². The number of likely N-dealkylation sites (tertiary alicyclic amines) is 1. The molecule has 0 radical (unpaired) electrons. The summed E-state index contributed by atoms with van der Waals surface area (Å²) >= 11 is 0. The second-order valence-electron chi connectivity index (χ2n) is 3.91. The Bertz CT molecular complexity index is 270. The van der Waals surface area contributed by atoms with Gasteiger partial charge in [-0.25, -0.2) is 0 Å². The summed E-state index contributed by atoms with van der Waals surface area (Å²) in [5, 5.41) is 8.85. The molecule has 1 saturated heterocycles. The molecular weight excluding hydrogens is 176 g/mol. The lowest BCUT2D eigenvalue weighted by Gasteiger charge is -2.38. The molecule has 1 N–H and O–H groups in total. The molecule has 1 aliphatic heterocycles. The molecule has 2 heterocycles. The predicted octanol–water partition coefficient (Wildman–Crippen LogP) is 0.548. The van der Waals surface area contributed by atoms with E-state index < -0.39 is 0 Å². The highest BCUT2D eigenvalue weighted by molar-refractivity contribution is 5.10. The van der Waals surface area contributed by atoms with E-state index in [1.165, 1.54) is 5.56 Å². The fraction of sp³-hybridized carbons (Fsp3) is 0.545. The Morgan fingerprint density at radius 1 is 1.36 bits per heavy atom. The molecule has 1 aromatic rings. The number of hydrogen-bond acceptors (Lipinski definition) is 3. The van der Waals surface area contributed by atoms with Gasteiger partial charge in [0.05, 0.1) is 0 Å². The van der Waals surface area contributed by atoms with Crippen molar-refractivity contribution in [3.8, 4) is 0 Å². The third-order valence-electron chi connectivity index (χ3n) is 2.76. The van der Waals surface area contributed by atoms with Crippen LogP contribution in [0.2, 0.25) is 0 Å². The summed E-state index contributed by atoms with van der Waals surface area (Å²) in [6.45, 7) is 3.55. The quantitative estimate of drug-likeness (QED) is 0.756. The lowest BCUT2D eigenvalue weighted by atomic mass is 10.0. The number of nitrogens with zero attached hydrogens (tertiary/aromatic N) is 2. The van der Waals surface area contributed by atoms with Crippen LogP contribution >= 0.6 is 0 Å². The summed E-state index contributed by atoms with van der Waals surface area (Å²) < 4.78 is 0. The minimum Gasteiger partial charge on any atom is -0.396 e. The van der Waals surface area contributed by atoms with E-state index in [9.17, 15) is 0 Å². The molecule has 0 amide bonds. The Labute approximate surface area is 84.4 Å².